The van der Waals surface area contributed by atoms with E-state index in [2.05, 4.69) is 10.6 Å². The molecule has 7 heteroatoms. The number of urea groups is 1. The Kier molecular flexibility index (Phi) is 3.57. The third-order valence-electron chi connectivity index (χ3n) is 2.52. The van der Waals surface area contributed by atoms with Crippen LogP contribution in [-0.2, 0) is 9.53 Å². The number of methoxy groups -OCH3 is 1. The molecule has 1 aromatic heterocycles. The van der Waals surface area contributed by atoms with Gasteiger partial charge < -0.3 is 19.8 Å². The zero-order chi connectivity index (χ0) is 13.1. The van der Waals surface area contributed by atoms with Crippen molar-refractivity contribution in [3.63, 3.8) is 0 Å². The Morgan fingerprint density at radius 1 is 1.61 bits per heavy atom. The van der Waals surface area contributed by atoms with Crippen LogP contribution in [-0.4, -0.2) is 25.0 Å². The second-order valence-corrected chi connectivity index (χ2v) is 3.83. The number of ether oxygens (including phenoxy) is 1. The second kappa shape index (κ2) is 5.14. The monoisotopic (exact) mass is 270 g/mol. The molecule has 0 aliphatic carbocycles. The SMILES string of the molecule is COC(=O)C1=C(CCl)NC(=O)N[C@@H]1c1ccco1. The van der Waals surface area contributed by atoms with Gasteiger partial charge >= 0.3 is 12.0 Å². The van der Waals surface area contributed by atoms with Crippen LogP contribution in [0.1, 0.15) is 11.8 Å². The first-order valence-corrected chi connectivity index (χ1v) is 5.69. The zero-order valence-corrected chi connectivity index (χ0v) is 10.3. The lowest BCUT2D eigenvalue weighted by atomic mass is 10.0. The van der Waals surface area contributed by atoms with E-state index in [0.717, 1.165) is 0 Å². The van der Waals surface area contributed by atoms with Gasteiger partial charge in [0.2, 0.25) is 0 Å². The number of nitrogens with one attached hydrogen (secondary N) is 2. The van der Waals surface area contributed by atoms with Gasteiger partial charge in [0.15, 0.2) is 0 Å². The molecule has 0 spiro atoms. The summed E-state index contributed by atoms with van der Waals surface area (Å²) in [6, 6.07) is 2.18. The molecular weight excluding hydrogens is 260 g/mol. The highest BCUT2D eigenvalue weighted by Crippen LogP contribution is 2.28. The maximum atomic E-state index is 11.8. The predicted octanol–water partition coefficient (Wildman–Crippen LogP) is 1.30. The topological polar surface area (TPSA) is 80.6 Å². The molecule has 0 aromatic carbocycles. The fourth-order valence-electron chi connectivity index (χ4n) is 1.74. The van der Waals surface area contributed by atoms with Gasteiger partial charge in [-0.15, -0.1) is 11.6 Å². The van der Waals surface area contributed by atoms with E-state index in [0.29, 0.717) is 11.5 Å². The molecule has 0 unspecified atom stereocenters. The normalized spacial score (nSPS) is 19.2. The summed E-state index contributed by atoms with van der Waals surface area (Å²) in [5, 5.41) is 5.07. The largest absolute Gasteiger partial charge is 0.467 e. The number of esters is 1. The lowest BCUT2D eigenvalue weighted by Gasteiger charge is -2.26. The van der Waals surface area contributed by atoms with E-state index in [1.807, 2.05) is 0 Å². The summed E-state index contributed by atoms with van der Waals surface area (Å²) in [5.74, 6) is -0.137. The van der Waals surface area contributed by atoms with Crippen molar-refractivity contribution in [3.05, 3.63) is 35.4 Å². The van der Waals surface area contributed by atoms with Crippen molar-refractivity contribution >= 4 is 23.6 Å². The molecule has 0 saturated heterocycles. The van der Waals surface area contributed by atoms with Crippen molar-refractivity contribution in [2.75, 3.05) is 13.0 Å². The molecule has 0 fully saturated rings. The van der Waals surface area contributed by atoms with E-state index in [1.54, 1.807) is 12.1 Å². The highest BCUT2D eigenvalue weighted by molar-refractivity contribution is 6.20. The van der Waals surface area contributed by atoms with Crippen molar-refractivity contribution in [2.45, 2.75) is 6.04 Å². The number of rotatable bonds is 3. The molecule has 1 aliphatic rings. The van der Waals surface area contributed by atoms with Crippen LogP contribution in [0, 0.1) is 0 Å². The molecule has 0 bridgehead atoms. The molecule has 2 amide bonds. The summed E-state index contributed by atoms with van der Waals surface area (Å²) >= 11 is 5.73. The van der Waals surface area contributed by atoms with Gasteiger partial charge in [0.25, 0.3) is 0 Å². The standard InChI is InChI=1S/C11H11ClN2O4/c1-17-10(15)8-6(5-12)13-11(16)14-9(8)7-3-2-4-18-7/h2-4,9H,5H2,1H3,(H2,13,14,16)/t9-/m1/s1. The van der Waals surface area contributed by atoms with Crippen molar-refractivity contribution in [2.24, 2.45) is 0 Å². The van der Waals surface area contributed by atoms with Gasteiger partial charge in [0, 0.05) is 5.70 Å². The molecule has 2 N–H and O–H groups in total. The molecule has 2 rings (SSSR count). The van der Waals surface area contributed by atoms with E-state index in [9.17, 15) is 9.59 Å². The van der Waals surface area contributed by atoms with Crippen LogP contribution in [0.3, 0.4) is 0 Å². The minimum Gasteiger partial charge on any atom is -0.467 e. The average molecular weight is 271 g/mol. The molecular formula is C11H11ClN2O4. The number of hydrogen-bond acceptors (Lipinski definition) is 4. The number of allylic oxidation sites excluding steroid dienone is 1. The van der Waals surface area contributed by atoms with Crippen LogP contribution in [0.5, 0.6) is 0 Å². The minimum absolute atomic E-state index is 0.00490. The highest BCUT2D eigenvalue weighted by atomic mass is 35.5. The summed E-state index contributed by atoms with van der Waals surface area (Å²) in [4.78, 5) is 23.3. The second-order valence-electron chi connectivity index (χ2n) is 3.56. The van der Waals surface area contributed by atoms with Crippen molar-refractivity contribution in [1.29, 1.82) is 0 Å². The molecule has 96 valence electrons. The summed E-state index contributed by atoms with van der Waals surface area (Å²) in [7, 11) is 1.26. The number of carbonyl (C=O) groups excluding carboxylic acids is 2. The molecule has 1 aliphatic heterocycles. The molecule has 0 saturated carbocycles. The molecule has 0 radical (unpaired) electrons. The van der Waals surface area contributed by atoms with Gasteiger partial charge in [-0.2, -0.15) is 0 Å². The molecule has 6 nitrogen and oxygen atoms in total. The van der Waals surface area contributed by atoms with Crippen molar-refractivity contribution < 1.29 is 18.7 Å². The zero-order valence-electron chi connectivity index (χ0n) is 9.53. The smallest absolute Gasteiger partial charge is 0.338 e. The molecule has 2 heterocycles. The number of carbonyl (C=O) groups is 2. The first-order valence-electron chi connectivity index (χ1n) is 5.15. The summed E-state index contributed by atoms with van der Waals surface area (Å²) in [6.45, 7) is 0. The Labute approximate surface area is 108 Å². The Morgan fingerprint density at radius 2 is 2.39 bits per heavy atom. The Morgan fingerprint density at radius 3 is 2.94 bits per heavy atom. The fourth-order valence-corrected chi connectivity index (χ4v) is 1.95. The number of halogens is 1. The van der Waals surface area contributed by atoms with E-state index >= 15 is 0 Å². The first-order chi connectivity index (χ1) is 8.67. The van der Waals surface area contributed by atoms with Gasteiger partial charge in [0.1, 0.15) is 11.8 Å². The summed E-state index contributed by atoms with van der Waals surface area (Å²) < 4.78 is 9.91. The van der Waals surface area contributed by atoms with Crippen molar-refractivity contribution in [3.8, 4) is 0 Å². The van der Waals surface area contributed by atoms with Crippen LogP contribution in [0.15, 0.2) is 34.1 Å². The van der Waals surface area contributed by atoms with Gasteiger partial charge in [-0.25, -0.2) is 9.59 Å². The van der Waals surface area contributed by atoms with Crippen LogP contribution < -0.4 is 10.6 Å². The number of alkyl halides is 1. The van der Waals surface area contributed by atoms with Gasteiger partial charge in [0.05, 0.1) is 24.8 Å². The third kappa shape index (κ3) is 2.19. The minimum atomic E-state index is -0.699. The maximum Gasteiger partial charge on any atom is 0.338 e. The Balaban J connectivity index is 2.48. The first kappa shape index (κ1) is 12.5. The lowest BCUT2D eigenvalue weighted by Crippen LogP contribution is -2.46. The molecule has 1 atom stereocenters. The molecule has 1 aromatic rings. The van der Waals surface area contributed by atoms with Crippen molar-refractivity contribution in [1.82, 2.24) is 10.6 Å². The predicted molar refractivity (Wildman–Crippen MR) is 62.9 cm³/mol. The number of hydrogen-bond donors (Lipinski definition) is 2. The van der Waals surface area contributed by atoms with Crippen LogP contribution in [0.4, 0.5) is 4.79 Å². The van der Waals surface area contributed by atoms with E-state index in [4.69, 9.17) is 20.8 Å². The van der Waals surface area contributed by atoms with Crippen LogP contribution in [0.25, 0.3) is 0 Å². The number of furan rings is 1. The summed E-state index contributed by atoms with van der Waals surface area (Å²) in [6.07, 6.45) is 1.46. The lowest BCUT2D eigenvalue weighted by molar-refractivity contribution is -0.136. The summed E-state index contributed by atoms with van der Waals surface area (Å²) in [5.41, 5.74) is 0.552. The number of amides is 2. The molecule has 18 heavy (non-hydrogen) atoms. The van der Waals surface area contributed by atoms with Gasteiger partial charge in [-0.3, -0.25) is 0 Å². The quantitative estimate of drug-likeness (QED) is 0.641. The van der Waals surface area contributed by atoms with E-state index < -0.39 is 18.0 Å². The fraction of sp³-hybridized carbons (Fsp3) is 0.273. The maximum absolute atomic E-state index is 11.8. The highest BCUT2D eigenvalue weighted by Gasteiger charge is 2.34. The van der Waals surface area contributed by atoms with Crippen LogP contribution in [0.2, 0.25) is 0 Å². The Hall–Kier alpha value is -1.95. The van der Waals surface area contributed by atoms with Crippen LogP contribution >= 0.6 is 11.6 Å². The third-order valence-corrected chi connectivity index (χ3v) is 2.79. The van der Waals surface area contributed by atoms with E-state index in [1.165, 1.54) is 13.4 Å². The Bertz CT molecular complexity index is 495. The van der Waals surface area contributed by atoms with Gasteiger partial charge in [-0.05, 0) is 12.1 Å². The van der Waals surface area contributed by atoms with E-state index in [-0.39, 0.29) is 11.5 Å². The van der Waals surface area contributed by atoms with Gasteiger partial charge in [-0.1, -0.05) is 0 Å². The average Bonchev–Trinajstić information content (AvgIpc) is 2.90.